The summed E-state index contributed by atoms with van der Waals surface area (Å²) in [7, 11) is -3.73. The molecule has 1 aromatic heterocycles. The van der Waals surface area contributed by atoms with Gasteiger partial charge in [-0.3, -0.25) is 9.52 Å². The fraction of sp³-hybridized carbons (Fsp3) is 0.273. The molecule has 2 aromatic carbocycles. The Balaban J connectivity index is 1.72. The first-order valence-electron chi connectivity index (χ1n) is 9.44. The maximum Gasteiger partial charge on any atom is 0.262 e. The summed E-state index contributed by atoms with van der Waals surface area (Å²) in [5.41, 5.74) is 2.03. The van der Waals surface area contributed by atoms with Crippen LogP contribution in [-0.4, -0.2) is 19.5 Å². The number of benzene rings is 2. The van der Waals surface area contributed by atoms with Gasteiger partial charge in [0.15, 0.2) is 5.82 Å². The van der Waals surface area contributed by atoms with Crippen LogP contribution in [0.5, 0.6) is 0 Å². The summed E-state index contributed by atoms with van der Waals surface area (Å²) in [6, 6.07) is 13.1. The first-order valence-corrected chi connectivity index (χ1v) is 10.9. The van der Waals surface area contributed by atoms with Gasteiger partial charge in [-0.1, -0.05) is 38.1 Å². The monoisotopic (exact) mass is 427 g/mol. The fourth-order valence-electron chi connectivity index (χ4n) is 2.77. The van der Waals surface area contributed by atoms with Gasteiger partial charge in [-0.15, -0.1) is 0 Å². The van der Waals surface area contributed by atoms with Gasteiger partial charge < -0.3 is 9.84 Å². The van der Waals surface area contributed by atoms with Gasteiger partial charge in [0, 0.05) is 22.7 Å². The Morgan fingerprint density at radius 1 is 1.00 bits per heavy atom. The normalized spacial score (nSPS) is 11.9. The lowest BCUT2D eigenvalue weighted by Crippen LogP contribution is -2.15. The Labute approximate surface area is 176 Å². The van der Waals surface area contributed by atoms with Crippen molar-refractivity contribution in [1.82, 2.24) is 5.16 Å². The molecule has 0 aliphatic heterocycles. The molecule has 7 nitrogen and oxygen atoms in total. The van der Waals surface area contributed by atoms with Gasteiger partial charge in [-0.2, -0.15) is 0 Å². The number of hydrogen-bond acceptors (Lipinski definition) is 5. The Morgan fingerprint density at radius 3 is 2.27 bits per heavy atom. The van der Waals surface area contributed by atoms with E-state index < -0.39 is 10.0 Å². The average molecular weight is 428 g/mol. The predicted molar refractivity (Wildman–Crippen MR) is 116 cm³/mol. The highest BCUT2D eigenvalue weighted by atomic mass is 32.2. The van der Waals surface area contributed by atoms with E-state index in [1.165, 1.54) is 0 Å². The van der Waals surface area contributed by atoms with Crippen LogP contribution in [0.2, 0.25) is 0 Å². The summed E-state index contributed by atoms with van der Waals surface area (Å²) in [5, 5.41) is 6.54. The highest BCUT2D eigenvalue weighted by Gasteiger charge is 2.21. The molecule has 158 valence electrons. The minimum absolute atomic E-state index is 0.218. The van der Waals surface area contributed by atoms with Crippen LogP contribution in [0.1, 0.15) is 48.0 Å². The topological polar surface area (TPSA) is 101 Å². The van der Waals surface area contributed by atoms with Crippen molar-refractivity contribution >= 4 is 27.4 Å². The molecule has 8 heteroatoms. The Hall–Kier alpha value is -3.13. The van der Waals surface area contributed by atoms with E-state index in [-0.39, 0.29) is 16.2 Å². The minimum Gasteiger partial charge on any atom is -0.359 e. The summed E-state index contributed by atoms with van der Waals surface area (Å²) < 4.78 is 33.2. The van der Waals surface area contributed by atoms with E-state index in [4.69, 9.17) is 4.52 Å². The van der Waals surface area contributed by atoms with Crippen molar-refractivity contribution in [3.8, 4) is 0 Å². The summed E-state index contributed by atoms with van der Waals surface area (Å²) in [6.45, 7) is 9.53. The van der Waals surface area contributed by atoms with Gasteiger partial charge >= 0.3 is 0 Å². The van der Waals surface area contributed by atoms with E-state index in [0.29, 0.717) is 28.4 Å². The number of nitrogens with one attached hydrogen (secondary N) is 2. The van der Waals surface area contributed by atoms with Crippen LogP contribution in [0.4, 0.5) is 11.5 Å². The van der Waals surface area contributed by atoms with Crippen molar-refractivity contribution in [2.24, 2.45) is 0 Å². The maximum atomic E-state index is 12.7. The number of aryl methyl sites for hydroxylation is 2. The number of carbonyl (C=O) groups is 1. The molecule has 0 aliphatic carbocycles. The molecular formula is C22H25N3O4S. The third kappa shape index (κ3) is 4.88. The third-order valence-electron chi connectivity index (χ3n) is 4.52. The maximum absolute atomic E-state index is 12.7. The summed E-state index contributed by atoms with van der Waals surface area (Å²) >= 11 is 0. The van der Waals surface area contributed by atoms with Gasteiger partial charge in [0.25, 0.3) is 15.9 Å². The van der Waals surface area contributed by atoms with Gasteiger partial charge in [0.1, 0.15) is 5.76 Å². The van der Waals surface area contributed by atoms with Crippen LogP contribution in [0, 0.1) is 13.8 Å². The van der Waals surface area contributed by atoms with Crippen LogP contribution >= 0.6 is 0 Å². The molecule has 2 N–H and O–H groups in total. The molecule has 3 aromatic rings. The van der Waals surface area contributed by atoms with Gasteiger partial charge in [0.05, 0.1) is 4.90 Å². The van der Waals surface area contributed by atoms with Crippen molar-refractivity contribution in [2.45, 2.75) is 44.9 Å². The van der Waals surface area contributed by atoms with Crippen molar-refractivity contribution < 1.29 is 17.7 Å². The molecule has 1 heterocycles. The van der Waals surface area contributed by atoms with E-state index in [0.717, 1.165) is 5.56 Å². The Morgan fingerprint density at radius 2 is 1.67 bits per heavy atom. The summed E-state index contributed by atoms with van der Waals surface area (Å²) in [4.78, 5) is 12.7. The van der Waals surface area contributed by atoms with E-state index in [2.05, 4.69) is 15.2 Å². The van der Waals surface area contributed by atoms with Crippen LogP contribution in [0.3, 0.4) is 0 Å². The van der Waals surface area contributed by atoms with Gasteiger partial charge in [-0.05, 0) is 55.3 Å². The van der Waals surface area contributed by atoms with Crippen LogP contribution in [0.15, 0.2) is 57.9 Å². The van der Waals surface area contributed by atoms with Crippen molar-refractivity contribution in [3.63, 3.8) is 0 Å². The molecule has 0 saturated heterocycles. The van der Waals surface area contributed by atoms with E-state index in [1.54, 1.807) is 49.4 Å². The number of amides is 1. The van der Waals surface area contributed by atoms with Crippen LogP contribution in [0.25, 0.3) is 0 Å². The molecular weight excluding hydrogens is 402 g/mol. The molecule has 1 amide bonds. The first-order chi connectivity index (χ1) is 14.0. The highest BCUT2D eigenvalue weighted by molar-refractivity contribution is 7.92. The van der Waals surface area contributed by atoms with Crippen molar-refractivity contribution in [3.05, 3.63) is 71.0 Å². The summed E-state index contributed by atoms with van der Waals surface area (Å²) in [6.07, 6.45) is 0. The van der Waals surface area contributed by atoms with E-state index >= 15 is 0 Å². The third-order valence-corrected chi connectivity index (χ3v) is 6.05. The molecule has 3 rings (SSSR count). The molecule has 0 saturated carbocycles. The minimum atomic E-state index is -3.73. The Bertz CT molecular complexity index is 1170. The van der Waals surface area contributed by atoms with Crippen molar-refractivity contribution in [2.75, 3.05) is 10.0 Å². The lowest BCUT2D eigenvalue weighted by molar-refractivity contribution is 0.102. The molecule has 0 radical (unpaired) electrons. The molecule has 0 unspecified atom stereocenters. The molecule has 30 heavy (non-hydrogen) atoms. The number of rotatable bonds is 5. The first kappa shape index (κ1) is 21.6. The number of aromatic nitrogens is 1. The fourth-order valence-corrected chi connectivity index (χ4v) is 4.16. The molecule has 0 aliphatic rings. The standard InChI is InChI=1S/C22H25N3O4S/c1-14-6-7-15(2)18(12-14)30(27,28)25-17-10-8-16(9-11-17)21(26)23-20-13-19(29-24-20)22(3,4)5/h6-13,25H,1-5H3,(H,23,24,26). The smallest absolute Gasteiger partial charge is 0.262 e. The number of carbonyl (C=O) groups excluding carboxylic acids is 1. The molecule has 0 spiro atoms. The number of nitrogens with zero attached hydrogens (tertiary/aromatic N) is 1. The zero-order valence-electron chi connectivity index (χ0n) is 17.6. The lowest BCUT2D eigenvalue weighted by atomic mass is 9.93. The number of hydrogen-bond donors (Lipinski definition) is 2. The largest absolute Gasteiger partial charge is 0.359 e. The van der Waals surface area contributed by atoms with Gasteiger partial charge in [-0.25, -0.2) is 8.42 Å². The highest BCUT2D eigenvalue weighted by Crippen LogP contribution is 2.25. The SMILES string of the molecule is Cc1ccc(C)c(S(=O)(=O)Nc2ccc(C(=O)Nc3cc(C(C)(C)C)on3)cc2)c1. The van der Waals surface area contributed by atoms with E-state index in [9.17, 15) is 13.2 Å². The second kappa shape index (κ2) is 7.95. The van der Waals surface area contributed by atoms with Gasteiger partial charge in [0.2, 0.25) is 0 Å². The van der Waals surface area contributed by atoms with Crippen LogP contribution in [-0.2, 0) is 15.4 Å². The molecule has 0 bridgehead atoms. The number of anilines is 2. The second-order valence-corrected chi connectivity index (χ2v) is 9.88. The zero-order chi connectivity index (χ0) is 22.1. The van der Waals surface area contributed by atoms with E-state index in [1.807, 2.05) is 33.8 Å². The predicted octanol–water partition coefficient (Wildman–Crippen LogP) is 4.64. The Kier molecular flexibility index (Phi) is 5.72. The summed E-state index contributed by atoms with van der Waals surface area (Å²) in [5.74, 6) is 0.617. The zero-order valence-corrected chi connectivity index (χ0v) is 18.4. The molecule has 0 atom stereocenters. The quantitative estimate of drug-likeness (QED) is 0.618. The second-order valence-electron chi connectivity index (χ2n) is 8.23. The van der Waals surface area contributed by atoms with Crippen molar-refractivity contribution in [1.29, 1.82) is 0 Å². The van der Waals surface area contributed by atoms with Crippen LogP contribution < -0.4 is 10.0 Å². The lowest BCUT2D eigenvalue weighted by Gasteiger charge is -2.12. The number of sulfonamides is 1. The average Bonchev–Trinajstić information content (AvgIpc) is 3.13. The molecule has 0 fully saturated rings.